The van der Waals surface area contributed by atoms with Gasteiger partial charge in [0.05, 0.1) is 19.8 Å². The van der Waals surface area contributed by atoms with Gasteiger partial charge in [-0.3, -0.25) is 4.79 Å². The lowest BCUT2D eigenvalue weighted by molar-refractivity contribution is 0.102. The fourth-order valence-electron chi connectivity index (χ4n) is 2.99. The lowest BCUT2D eigenvalue weighted by Crippen LogP contribution is -2.13. The van der Waals surface area contributed by atoms with E-state index >= 15 is 0 Å². The molecule has 0 saturated carbocycles. The van der Waals surface area contributed by atoms with E-state index < -0.39 is 0 Å². The van der Waals surface area contributed by atoms with Gasteiger partial charge >= 0.3 is 0 Å². The van der Waals surface area contributed by atoms with Crippen LogP contribution in [-0.2, 0) is 0 Å². The van der Waals surface area contributed by atoms with Crippen LogP contribution in [0.5, 0.6) is 11.5 Å². The first kappa shape index (κ1) is 19.9. The fourth-order valence-corrected chi connectivity index (χ4v) is 2.99. The zero-order valence-electron chi connectivity index (χ0n) is 16.9. The van der Waals surface area contributed by atoms with Crippen molar-refractivity contribution in [2.24, 2.45) is 0 Å². The van der Waals surface area contributed by atoms with Crippen molar-refractivity contribution >= 4 is 23.1 Å². The molecule has 0 aliphatic carbocycles. The molecule has 156 valence electrons. The molecule has 2 heterocycles. The molecule has 0 saturated heterocycles. The SMILES string of the molecule is COc1cccc(C(=O)Nc2ccc(Nc3cc(-n4cccn4)ncn3)cc2)c1OC. The summed E-state index contributed by atoms with van der Waals surface area (Å²) in [4.78, 5) is 21.1. The van der Waals surface area contributed by atoms with Crippen LogP contribution in [0.3, 0.4) is 0 Å². The summed E-state index contributed by atoms with van der Waals surface area (Å²) in [7, 11) is 3.03. The van der Waals surface area contributed by atoms with E-state index in [4.69, 9.17) is 9.47 Å². The van der Waals surface area contributed by atoms with E-state index in [2.05, 4.69) is 25.7 Å². The van der Waals surface area contributed by atoms with Gasteiger partial charge in [-0.2, -0.15) is 5.10 Å². The van der Waals surface area contributed by atoms with Gasteiger partial charge in [0.1, 0.15) is 12.1 Å². The fraction of sp³-hybridized carbons (Fsp3) is 0.0909. The van der Waals surface area contributed by atoms with Crippen molar-refractivity contribution in [2.75, 3.05) is 24.9 Å². The lowest BCUT2D eigenvalue weighted by Gasteiger charge is -2.13. The van der Waals surface area contributed by atoms with E-state index in [-0.39, 0.29) is 5.91 Å². The Labute approximate surface area is 178 Å². The predicted octanol–water partition coefficient (Wildman–Crippen LogP) is 3.68. The van der Waals surface area contributed by atoms with Crippen LogP contribution in [-0.4, -0.2) is 39.9 Å². The van der Waals surface area contributed by atoms with E-state index in [1.165, 1.54) is 20.5 Å². The summed E-state index contributed by atoms with van der Waals surface area (Å²) in [5.41, 5.74) is 1.83. The minimum absolute atomic E-state index is 0.295. The van der Waals surface area contributed by atoms with Gasteiger partial charge < -0.3 is 20.1 Å². The summed E-state index contributed by atoms with van der Waals surface area (Å²) in [5, 5.41) is 10.2. The number of benzene rings is 2. The minimum atomic E-state index is -0.295. The van der Waals surface area contributed by atoms with Gasteiger partial charge in [-0.1, -0.05) is 6.07 Å². The van der Waals surface area contributed by atoms with E-state index in [0.29, 0.717) is 34.4 Å². The Morgan fingerprint density at radius 3 is 2.48 bits per heavy atom. The number of anilines is 3. The molecule has 2 aromatic carbocycles. The molecule has 31 heavy (non-hydrogen) atoms. The van der Waals surface area contributed by atoms with Crippen LogP contribution in [0.4, 0.5) is 17.2 Å². The number of rotatable bonds is 7. The summed E-state index contributed by atoms with van der Waals surface area (Å²) >= 11 is 0. The topological polar surface area (TPSA) is 103 Å². The molecule has 9 nitrogen and oxygen atoms in total. The molecule has 0 fully saturated rings. The minimum Gasteiger partial charge on any atom is -0.493 e. The van der Waals surface area contributed by atoms with E-state index in [1.54, 1.807) is 53.5 Å². The zero-order valence-corrected chi connectivity index (χ0v) is 16.9. The average Bonchev–Trinajstić information content (AvgIpc) is 3.35. The smallest absolute Gasteiger partial charge is 0.259 e. The first-order chi connectivity index (χ1) is 15.2. The molecule has 0 aliphatic heterocycles. The normalized spacial score (nSPS) is 10.4. The number of nitrogens with one attached hydrogen (secondary N) is 2. The Hall–Kier alpha value is -4.40. The number of carbonyl (C=O) groups excluding carboxylic acids is 1. The molecule has 0 atom stereocenters. The highest BCUT2D eigenvalue weighted by atomic mass is 16.5. The Balaban J connectivity index is 1.46. The predicted molar refractivity (Wildman–Crippen MR) is 116 cm³/mol. The highest BCUT2D eigenvalue weighted by Gasteiger charge is 2.16. The average molecular weight is 416 g/mol. The highest BCUT2D eigenvalue weighted by Crippen LogP contribution is 2.31. The number of nitrogens with zero attached hydrogens (tertiary/aromatic N) is 4. The maximum absolute atomic E-state index is 12.7. The van der Waals surface area contributed by atoms with Crippen molar-refractivity contribution in [3.63, 3.8) is 0 Å². The van der Waals surface area contributed by atoms with Gasteiger partial charge in [0.15, 0.2) is 17.3 Å². The Bertz CT molecular complexity index is 1180. The van der Waals surface area contributed by atoms with Crippen molar-refractivity contribution < 1.29 is 14.3 Å². The van der Waals surface area contributed by atoms with Crippen LogP contribution >= 0.6 is 0 Å². The van der Waals surface area contributed by atoms with E-state index in [9.17, 15) is 4.79 Å². The second-order valence-corrected chi connectivity index (χ2v) is 6.41. The number of ether oxygens (including phenoxy) is 2. The molecule has 0 aliphatic rings. The molecule has 0 radical (unpaired) electrons. The number of hydrogen-bond acceptors (Lipinski definition) is 7. The Morgan fingerprint density at radius 2 is 1.77 bits per heavy atom. The van der Waals surface area contributed by atoms with Crippen LogP contribution in [0.25, 0.3) is 5.82 Å². The van der Waals surface area contributed by atoms with Crippen molar-refractivity contribution in [1.82, 2.24) is 19.7 Å². The quantitative estimate of drug-likeness (QED) is 0.474. The molecule has 9 heteroatoms. The first-order valence-corrected chi connectivity index (χ1v) is 9.39. The van der Waals surface area contributed by atoms with Gasteiger partial charge in [0.2, 0.25) is 0 Å². The molecule has 0 unspecified atom stereocenters. The van der Waals surface area contributed by atoms with Crippen molar-refractivity contribution in [3.8, 4) is 17.3 Å². The molecule has 4 rings (SSSR count). The maximum atomic E-state index is 12.7. The summed E-state index contributed by atoms with van der Waals surface area (Å²) < 4.78 is 12.2. The standard InChI is InChI=1S/C22H20N6O3/c1-30-18-6-3-5-17(21(18)31-2)22(29)27-16-9-7-15(8-10-16)26-19-13-20(24-14-23-19)28-12-4-11-25-28/h3-14H,1-2H3,(H,27,29)(H,23,24,26). The number of amides is 1. The molecule has 2 N–H and O–H groups in total. The number of hydrogen-bond donors (Lipinski definition) is 2. The molecule has 4 aromatic rings. The van der Waals surface area contributed by atoms with Gasteiger partial charge in [0.25, 0.3) is 5.91 Å². The van der Waals surface area contributed by atoms with Crippen LogP contribution in [0.2, 0.25) is 0 Å². The number of para-hydroxylation sites is 1. The first-order valence-electron chi connectivity index (χ1n) is 9.39. The molecule has 0 spiro atoms. The molecule has 0 bridgehead atoms. The molecular formula is C22H20N6O3. The Morgan fingerprint density at radius 1 is 0.968 bits per heavy atom. The highest BCUT2D eigenvalue weighted by molar-refractivity contribution is 6.06. The molecule has 2 aromatic heterocycles. The number of methoxy groups -OCH3 is 2. The zero-order chi connectivity index (χ0) is 21.6. The maximum Gasteiger partial charge on any atom is 0.259 e. The summed E-state index contributed by atoms with van der Waals surface area (Å²) in [6.45, 7) is 0. The number of aromatic nitrogens is 4. The summed E-state index contributed by atoms with van der Waals surface area (Å²) in [5.74, 6) is 1.86. The monoisotopic (exact) mass is 416 g/mol. The van der Waals surface area contributed by atoms with Crippen molar-refractivity contribution in [2.45, 2.75) is 0 Å². The lowest BCUT2D eigenvalue weighted by atomic mass is 10.1. The number of carbonyl (C=O) groups is 1. The molecule has 1 amide bonds. The summed E-state index contributed by atoms with van der Waals surface area (Å²) in [6.07, 6.45) is 4.96. The van der Waals surface area contributed by atoms with Gasteiger partial charge in [-0.15, -0.1) is 0 Å². The third-order valence-corrected chi connectivity index (χ3v) is 4.45. The van der Waals surface area contributed by atoms with Crippen LogP contribution < -0.4 is 20.1 Å². The van der Waals surface area contributed by atoms with Crippen molar-refractivity contribution in [3.05, 3.63) is 78.9 Å². The second kappa shape index (κ2) is 8.95. The summed E-state index contributed by atoms with van der Waals surface area (Å²) in [6, 6.07) is 16.0. The van der Waals surface area contributed by atoms with E-state index in [1.807, 2.05) is 18.2 Å². The largest absolute Gasteiger partial charge is 0.493 e. The third kappa shape index (κ3) is 4.45. The van der Waals surface area contributed by atoms with Crippen LogP contribution in [0.1, 0.15) is 10.4 Å². The van der Waals surface area contributed by atoms with Gasteiger partial charge in [-0.25, -0.2) is 14.6 Å². The van der Waals surface area contributed by atoms with Crippen LogP contribution in [0, 0.1) is 0 Å². The third-order valence-electron chi connectivity index (χ3n) is 4.45. The van der Waals surface area contributed by atoms with Crippen LogP contribution in [0.15, 0.2) is 73.3 Å². The van der Waals surface area contributed by atoms with E-state index in [0.717, 1.165) is 5.69 Å². The van der Waals surface area contributed by atoms with Gasteiger partial charge in [-0.05, 0) is 42.5 Å². The second-order valence-electron chi connectivity index (χ2n) is 6.41. The van der Waals surface area contributed by atoms with Gasteiger partial charge in [0, 0.05) is 29.8 Å². The van der Waals surface area contributed by atoms with Crippen molar-refractivity contribution in [1.29, 1.82) is 0 Å². The Kier molecular flexibility index (Phi) is 5.75. The molecular weight excluding hydrogens is 396 g/mol.